The van der Waals surface area contributed by atoms with Crippen molar-refractivity contribution in [3.05, 3.63) is 63.0 Å². The molecule has 31 heavy (non-hydrogen) atoms. The number of ether oxygens (including phenoxy) is 1. The first kappa shape index (κ1) is 20.3. The van der Waals surface area contributed by atoms with Crippen LogP contribution in [0.2, 0.25) is 0 Å². The minimum absolute atomic E-state index is 0.0645. The Balaban J connectivity index is 1.49. The van der Waals surface area contributed by atoms with Crippen LogP contribution >= 0.6 is 15.9 Å². The van der Waals surface area contributed by atoms with E-state index in [0.29, 0.717) is 34.7 Å². The summed E-state index contributed by atoms with van der Waals surface area (Å²) >= 11 is 3.46. The fourth-order valence-electron chi connectivity index (χ4n) is 4.33. The molecule has 0 atom stereocenters. The molecular weight excluding hydrogens is 460 g/mol. The molecule has 3 aromatic rings. The Kier molecular flexibility index (Phi) is 5.12. The lowest BCUT2D eigenvalue weighted by Crippen LogP contribution is -3.13. The van der Waals surface area contributed by atoms with Crippen LogP contribution in [0.4, 0.5) is 0 Å². The molecule has 160 valence electrons. The number of nitrogens with one attached hydrogen (secondary N) is 1. The molecule has 0 saturated carbocycles. The number of Topliss-reactive ketones (excluding diaryl/α,β-unsaturated/α-hetero) is 1. The lowest BCUT2D eigenvalue weighted by molar-refractivity contribution is -0.918. The number of benzene rings is 2. The molecule has 0 spiro atoms. The third-order valence-corrected chi connectivity index (χ3v) is 6.59. The zero-order valence-corrected chi connectivity index (χ0v) is 19.0. The Morgan fingerprint density at radius 2 is 2.00 bits per heavy atom. The summed E-state index contributed by atoms with van der Waals surface area (Å²) < 4.78 is 12.8. The van der Waals surface area contributed by atoms with Crippen LogP contribution in [-0.4, -0.2) is 43.9 Å². The fourth-order valence-corrected chi connectivity index (χ4v) is 4.71. The highest BCUT2D eigenvalue weighted by molar-refractivity contribution is 9.10. The van der Waals surface area contributed by atoms with Gasteiger partial charge >= 0.3 is 0 Å². The molecule has 0 unspecified atom stereocenters. The van der Waals surface area contributed by atoms with Crippen LogP contribution in [0.3, 0.4) is 0 Å². The van der Waals surface area contributed by atoms with E-state index >= 15 is 0 Å². The number of furan rings is 1. The molecule has 0 amide bonds. The number of likely N-dealkylation sites (N-methyl/N-ethyl adjacent to an activating group) is 1. The molecule has 1 N–H and O–H groups in total. The smallest absolute Gasteiger partial charge is 0.232 e. The quantitative estimate of drug-likeness (QED) is 0.580. The number of hydrogen-bond acceptors (Lipinski definition) is 5. The Hall–Kier alpha value is -2.61. The zero-order chi connectivity index (χ0) is 21.7. The first-order chi connectivity index (χ1) is 14.9. The normalized spacial score (nSPS) is 18.7. The number of aryl methyl sites for hydroxylation is 1. The van der Waals surface area contributed by atoms with Crippen LogP contribution in [0.1, 0.15) is 27.2 Å². The molecule has 1 saturated heterocycles. The molecule has 1 aromatic heterocycles. The van der Waals surface area contributed by atoms with E-state index in [4.69, 9.17) is 9.15 Å². The maximum Gasteiger partial charge on any atom is 0.232 e. The topological polar surface area (TPSA) is 70.2 Å². The van der Waals surface area contributed by atoms with Gasteiger partial charge in [-0.2, -0.15) is 0 Å². The van der Waals surface area contributed by atoms with Crippen LogP contribution in [0, 0.1) is 6.92 Å². The molecule has 3 heterocycles. The van der Waals surface area contributed by atoms with Gasteiger partial charge in [-0.1, -0.05) is 27.7 Å². The summed E-state index contributed by atoms with van der Waals surface area (Å²) in [6.07, 6.45) is 1.62. The van der Waals surface area contributed by atoms with Gasteiger partial charge in [-0.25, -0.2) is 0 Å². The van der Waals surface area contributed by atoms with Crippen LogP contribution in [0.5, 0.6) is 11.5 Å². The van der Waals surface area contributed by atoms with Gasteiger partial charge in [-0.05, 0) is 43.8 Å². The first-order valence-electron chi connectivity index (χ1n) is 10.4. The van der Waals surface area contributed by atoms with Gasteiger partial charge in [0, 0.05) is 34.6 Å². The zero-order valence-electron chi connectivity index (χ0n) is 17.5. The SMILES string of the molecule is Cc1cc([O-])c(C[NH+]2CCN(C)CC2)c2c1C(=O)C(=Cc1cc3cc(Br)ccc3o1)O2. The van der Waals surface area contributed by atoms with Crippen molar-refractivity contribution in [3.8, 4) is 11.5 Å². The Bertz CT molecular complexity index is 1220. The number of carbonyl (C=O) groups is 1. The summed E-state index contributed by atoms with van der Waals surface area (Å²) in [5.74, 6) is 0.882. The van der Waals surface area contributed by atoms with Crippen LogP contribution in [0.15, 0.2) is 45.0 Å². The molecule has 0 aliphatic carbocycles. The summed E-state index contributed by atoms with van der Waals surface area (Å²) in [6.45, 7) is 6.26. The number of carbonyl (C=O) groups excluding carboxylic acids is 1. The second kappa shape index (κ2) is 7.82. The lowest BCUT2D eigenvalue weighted by Gasteiger charge is -2.31. The van der Waals surface area contributed by atoms with Crippen molar-refractivity contribution in [1.29, 1.82) is 0 Å². The van der Waals surface area contributed by atoms with Gasteiger partial charge in [0.25, 0.3) is 0 Å². The first-order valence-corrected chi connectivity index (χ1v) is 11.2. The highest BCUT2D eigenvalue weighted by atomic mass is 79.9. The van der Waals surface area contributed by atoms with Crippen molar-refractivity contribution in [2.45, 2.75) is 13.5 Å². The van der Waals surface area contributed by atoms with Gasteiger partial charge in [-0.3, -0.25) is 9.69 Å². The molecule has 1 fully saturated rings. The van der Waals surface area contributed by atoms with E-state index in [1.165, 1.54) is 4.90 Å². The molecule has 2 aliphatic heterocycles. The van der Waals surface area contributed by atoms with Gasteiger partial charge in [0.2, 0.25) is 5.78 Å². The number of rotatable bonds is 3. The number of piperazine rings is 1. The maximum absolute atomic E-state index is 13.1. The molecule has 2 aromatic carbocycles. The second-order valence-electron chi connectivity index (χ2n) is 8.38. The fraction of sp³-hybridized carbons (Fsp3) is 0.292. The van der Waals surface area contributed by atoms with Gasteiger partial charge < -0.3 is 19.2 Å². The van der Waals surface area contributed by atoms with Crippen molar-refractivity contribution in [2.24, 2.45) is 0 Å². The monoisotopic (exact) mass is 482 g/mol. The summed E-state index contributed by atoms with van der Waals surface area (Å²) in [7, 11) is 2.11. The number of quaternary nitrogens is 1. The third-order valence-electron chi connectivity index (χ3n) is 6.10. The molecule has 7 heteroatoms. The van der Waals surface area contributed by atoms with Gasteiger partial charge in [-0.15, -0.1) is 0 Å². The average Bonchev–Trinajstić information content (AvgIpc) is 3.27. The van der Waals surface area contributed by atoms with Crippen molar-refractivity contribution in [1.82, 2.24) is 4.90 Å². The third kappa shape index (κ3) is 3.78. The molecule has 0 bridgehead atoms. The van der Waals surface area contributed by atoms with Crippen molar-refractivity contribution >= 4 is 38.8 Å². The van der Waals surface area contributed by atoms with Gasteiger partial charge in [0.1, 0.15) is 23.6 Å². The van der Waals surface area contributed by atoms with Crippen molar-refractivity contribution < 1.29 is 24.0 Å². The number of nitrogens with zero attached hydrogens (tertiary/aromatic N) is 1. The Labute approximate surface area is 188 Å². The largest absolute Gasteiger partial charge is 0.872 e. The van der Waals surface area contributed by atoms with E-state index in [0.717, 1.165) is 41.6 Å². The predicted molar refractivity (Wildman–Crippen MR) is 119 cm³/mol. The van der Waals surface area contributed by atoms with Crippen molar-refractivity contribution in [3.63, 3.8) is 0 Å². The second-order valence-corrected chi connectivity index (χ2v) is 9.29. The standard InChI is InChI=1S/C24H23BrN2O4/c1-14-9-19(28)18(13-27-7-5-26(2)6-8-27)24-22(14)23(29)21(31-24)12-17-11-15-10-16(25)3-4-20(15)30-17/h3-4,9-12,28H,5-8,13H2,1-2H3. The number of halogens is 1. The number of allylic oxidation sites excluding steroid dienone is 1. The molecule has 6 nitrogen and oxygen atoms in total. The molecule has 0 radical (unpaired) electrons. The minimum Gasteiger partial charge on any atom is -0.872 e. The summed E-state index contributed by atoms with van der Waals surface area (Å²) in [5, 5.41) is 13.7. The highest BCUT2D eigenvalue weighted by Crippen LogP contribution is 2.41. The van der Waals surface area contributed by atoms with E-state index in [2.05, 4.69) is 27.9 Å². The molecule has 5 rings (SSSR count). The van der Waals surface area contributed by atoms with E-state index in [-0.39, 0.29) is 17.3 Å². The van der Waals surface area contributed by atoms with Crippen LogP contribution < -0.4 is 14.7 Å². The summed E-state index contributed by atoms with van der Waals surface area (Å²) in [6, 6.07) is 9.17. The van der Waals surface area contributed by atoms with Crippen molar-refractivity contribution in [2.75, 3.05) is 33.2 Å². The molecule has 2 aliphatic rings. The van der Waals surface area contributed by atoms with E-state index in [1.807, 2.05) is 24.3 Å². The summed E-state index contributed by atoms with van der Waals surface area (Å²) in [5.41, 5.74) is 2.47. The van der Waals surface area contributed by atoms with Crippen LogP contribution in [-0.2, 0) is 6.54 Å². The van der Waals surface area contributed by atoms with E-state index < -0.39 is 0 Å². The summed E-state index contributed by atoms with van der Waals surface area (Å²) in [4.78, 5) is 16.7. The predicted octanol–water partition coefficient (Wildman–Crippen LogP) is 2.52. The number of ketones is 1. The number of fused-ring (bicyclic) bond motifs is 2. The number of hydrogen-bond donors (Lipinski definition) is 1. The Morgan fingerprint density at radius 1 is 1.23 bits per heavy atom. The van der Waals surface area contributed by atoms with E-state index in [1.54, 1.807) is 19.1 Å². The van der Waals surface area contributed by atoms with Gasteiger partial charge in [0.05, 0.1) is 18.7 Å². The molecular formula is C24H23BrN2O4. The van der Waals surface area contributed by atoms with Crippen LogP contribution in [0.25, 0.3) is 17.0 Å². The van der Waals surface area contributed by atoms with Gasteiger partial charge in [0.15, 0.2) is 5.76 Å². The average molecular weight is 483 g/mol. The highest BCUT2D eigenvalue weighted by Gasteiger charge is 2.33. The lowest BCUT2D eigenvalue weighted by atomic mass is 9.99. The minimum atomic E-state index is -0.205. The van der Waals surface area contributed by atoms with E-state index in [9.17, 15) is 9.90 Å². The Morgan fingerprint density at radius 3 is 2.77 bits per heavy atom. The maximum atomic E-state index is 13.1.